The van der Waals surface area contributed by atoms with Crippen molar-refractivity contribution in [1.29, 1.82) is 0 Å². The Balaban J connectivity index is 2.05. The van der Waals surface area contributed by atoms with Gasteiger partial charge in [-0.1, -0.05) is 25.7 Å². The van der Waals surface area contributed by atoms with E-state index in [1.54, 1.807) is 0 Å². The molecule has 0 atom stereocenters. The van der Waals surface area contributed by atoms with E-state index in [-0.39, 0.29) is 5.41 Å². The van der Waals surface area contributed by atoms with Crippen LogP contribution in [-0.2, 0) is 4.79 Å². The number of hydrogen-bond acceptors (Lipinski definition) is 2. The summed E-state index contributed by atoms with van der Waals surface area (Å²) in [5.41, 5.74) is 5.77. The number of rotatable bonds is 5. The first-order valence-electron chi connectivity index (χ1n) is 7.71. The fourth-order valence-corrected chi connectivity index (χ4v) is 3.21. The van der Waals surface area contributed by atoms with Gasteiger partial charge in [0, 0.05) is 19.6 Å². The molecule has 0 aromatic heterocycles. The van der Waals surface area contributed by atoms with E-state index >= 15 is 0 Å². The second-order valence-electron chi connectivity index (χ2n) is 6.19. The minimum absolute atomic E-state index is 0.235. The van der Waals surface area contributed by atoms with Crippen molar-refractivity contribution in [3.8, 4) is 0 Å². The van der Waals surface area contributed by atoms with E-state index in [9.17, 15) is 4.79 Å². The van der Waals surface area contributed by atoms with Gasteiger partial charge in [-0.2, -0.15) is 0 Å². The summed E-state index contributed by atoms with van der Waals surface area (Å²) in [4.78, 5) is 14.9. The molecule has 0 bridgehead atoms. The smallest absolute Gasteiger partial charge is 0.230 e. The van der Waals surface area contributed by atoms with Crippen molar-refractivity contribution in [3.05, 3.63) is 0 Å². The summed E-state index contributed by atoms with van der Waals surface area (Å²) in [6.45, 7) is 4.45. The van der Waals surface area contributed by atoms with Gasteiger partial charge in [-0.25, -0.2) is 0 Å². The average molecular weight is 252 g/mol. The molecule has 1 amide bonds. The van der Waals surface area contributed by atoms with Crippen LogP contribution in [0.25, 0.3) is 0 Å². The van der Waals surface area contributed by atoms with Crippen LogP contribution in [0.3, 0.4) is 0 Å². The van der Waals surface area contributed by atoms with Gasteiger partial charge >= 0.3 is 0 Å². The molecule has 3 nitrogen and oxygen atoms in total. The molecule has 3 heteroatoms. The number of amides is 1. The van der Waals surface area contributed by atoms with Crippen molar-refractivity contribution in [3.63, 3.8) is 0 Å². The van der Waals surface area contributed by atoms with Crippen molar-refractivity contribution in [2.45, 2.75) is 58.3 Å². The Morgan fingerprint density at radius 2 is 1.83 bits per heavy atom. The number of nitrogens with two attached hydrogens (primary N) is 1. The van der Waals surface area contributed by atoms with Crippen LogP contribution in [0, 0.1) is 11.3 Å². The molecule has 0 spiro atoms. The molecule has 0 aliphatic heterocycles. The van der Waals surface area contributed by atoms with Gasteiger partial charge < -0.3 is 10.6 Å². The van der Waals surface area contributed by atoms with Gasteiger partial charge in [-0.15, -0.1) is 0 Å². The lowest BCUT2D eigenvalue weighted by Gasteiger charge is -2.35. The van der Waals surface area contributed by atoms with Gasteiger partial charge in [0.1, 0.15) is 0 Å². The summed E-state index contributed by atoms with van der Waals surface area (Å²) >= 11 is 0. The summed E-state index contributed by atoms with van der Waals surface area (Å²) in [5, 5.41) is 0. The van der Waals surface area contributed by atoms with Crippen LogP contribution < -0.4 is 5.73 Å². The molecule has 0 unspecified atom stereocenters. The summed E-state index contributed by atoms with van der Waals surface area (Å²) in [5.74, 6) is 1.12. The van der Waals surface area contributed by atoms with E-state index in [1.807, 2.05) is 0 Å². The minimum atomic E-state index is -0.235. The molecule has 0 aromatic carbocycles. The van der Waals surface area contributed by atoms with E-state index in [0.717, 1.165) is 31.8 Å². The zero-order chi connectivity index (χ0) is 13.0. The van der Waals surface area contributed by atoms with Crippen LogP contribution >= 0.6 is 0 Å². The van der Waals surface area contributed by atoms with Crippen LogP contribution in [0.5, 0.6) is 0 Å². The topological polar surface area (TPSA) is 46.3 Å². The molecular formula is C15H28N2O. The Hall–Kier alpha value is -0.570. The van der Waals surface area contributed by atoms with Crippen molar-refractivity contribution in [2.24, 2.45) is 17.1 Å². The van der Waals surface area contributed by atoms with Gasteiger partial charge in [0.15, 0.2) is 0 Å². The Labute approximate surface area is 111 Å². The quantitative estimate of drug-likeness (QED) is 0.764. The maximum Gasteiger partial charge on any atom is 0.230 e. The molecular weight excluding hydrogens is 224 g/mol. The number of hydrogen-bond donors (Lipinski definition) is 1. The molecule has 0 saturated heterocycles. The van der Waals surface area contributed by atoms with Gasteiger partial charge in [-0.3, -0.25) is 4.79 Å². The molecule has 2 fully saturated rings. The van der Waals surface area contributed by atoms with E-state index < -0.39 is 0 Å². The number of carbonyl (C=O) groups excluding carboxylic acids is 1. The third-order valence-corrected chi connectivity index (χ3v) is 4.75. The van der Waals surface area contributed by atoms with E-state index in [1.165, 1.54) is 38.5 Å². The van der Waals surface area contributed by atoms with E-state index in [0.29, 0.717) is 12.5 Å². The molecule has 2 aliphatic rings. The number of nitrogens with zero attached hydrogens (tertiary/aromatic N) is 1. The highest BCUT2D eigenvalue weighted by Gasteiger charge is 2.40. The Morgan fingerprint density at radius 1 is 1.22 bits per heavy atom. The normalized spacial score (nSPS) is 23.4. The fraction of sp³-hybridized carbons (Fsp3) is 0.933. The molecule has 0 heterocycles. The Bertz CT molecular complexity index is 278. The first-order valence-corrected chi connectivity index (χ1v) is 7.71. The molecule has 0 aromatic rings. The summed E-state index contributed by atoms with van der Waals surface area (Å²) in [6.07, 6.45) is 9.49. The lowest BCUT2D eigenvalue weighted by Crippen LogP contribution is -2.48. The van der Waals surface area contributed by atoms with Crippen LogP contribution in [0.1, 0.15) is 58.3 Å². The molecule has 0 radical (unpaired) electrons. The number of carbonyl (C=O) groups is 1. The van der Waals surface area contributed by atoms with Crippen LogP contribution in [0.2, 0.25) is 0 Å². The standard InChI is InChI=1S/C15H28N2O/c1-2-17(11-13-7-8-13)14(18)15(12-16)9-5-3-4-6-10-15/h13H,2-12,16H2,1H3. The highest BCUT2D eigenvalue weighted by Crippen LogP contribution is 2.37. The van der Waals surface area contributed by atoms with Gasteiger partial charge in [0.25, 0.3) is 0 Å². The second kappa shape index (κ2) is 6.05. The Kier molecular flexibility index (Phi) is 4.66. The van der Waals surface area contributed by atoms with Crippen molar-refractivity contribution in [1.82, 2.24) is 4.90 Å². The second-order valence-corrected chi connectivity index (χ2v) is 6.19. The fourth-order valence-electron chi connectivity index (χ4n) is 3.21. The molecule has 2 N–H and O–H groups in total. The summed E-state index contributed by atoms with van der Waals surface area (Å²) < 4.78 is 0. The summed E-state index contributed by atoms with van der Waals surface area (Å²) in [7, 11) is 0. The van der Waals surface area contributed by atoms with Crippen LogP contribution in [-0.4, -0.2) is 30.4 Å². The first kappa shape index (κ1) is 13.9. The highest BCUT2D eigenvalue weighted by molar-refractivity contribution is 5.83. The molecule has 2 rings (SSSR count). The SMILES string of the molecule is CCN(CC1CC1)C(=O)C1(CN)CCCCCC1. The molecule has 2 saturated carbocycles. The van der Waals surface area contributed by atoms with Crippen molar-refractivity contribution >= 4 is 5.91 Å². The predicted molar refractivity (Wildman–Crippen MR) is 74.2 cm³/mol. The van der Waals surface area contributed by atoms with Crippen molar-refractivity contribution < 1.29 is 4.79 Å². The maximum atomic E-state index is 12.8. The molecule has 18 heavy (non-hydrogen) atoms. The Morgan fingerprint density at radius 3 is 2.28 bits per heavy atom. The van der Waals surface area contributed by atoms with Gasteiger partial charge in [0.2, 0.25) is 5.91 Å². The summed E-state index contributed by atoms with van der Waals surface area (Å²) in [6, 6.07) is 0. The van der Waals surface area contributed by atoms with Crippen molar-refractivity contribution in [2.75, 3.05) is 19.6 Å². The van der Waals surface area contributed by atoms with Gasteiger partial charge in [0.05, 0.1) is 5.41 Å². The van der Waals surface area contributed by atoms with Gasteiger partial charge in [-0.05, 0) is 38.5 Å². The third kappa shape index (κ3) is 3.05. The predicted octanol–water partition coefficient (Wildman–Crippen LogP) is 2.54. The zero-order valence-corrected chi connectivity index (χ0v) is 11.8. The third-order valence-electron chi connectivity index (χ3n) is 4.75. The largest absolute Gasteiger partial charge is 0.342 e. The zero-order valence-electron chi connectivity index (χ0n) is 11.8. The van der Waals surface area contributed by atoms with E-state index in [4.69, 9.17) is 5.73 Å². The lowest BCUT2D eigenvalue weighted by atomic mass is 9.79. The minimum Gasteiger partial charge on any atom is -0.342 e. The van der Waals surface area contributed by atoms with Crippen LogP contribution in [0.4, 0.5) is 0 Å². The molecule has 2 aliphatic carbocycles. The first-order chi connectivity index (χ1) is 8.72. The maximum absolute atomic E-state index is 12.8. The monoisotopic (exact) mass is 252 g/mol. The lowest BCUT2D eigenvalue weighted by molar-refractivity contribution is -0.142. The van der Waals surface area contributed by atoms with E-state index in [2.05, 4.69) is 11.8 Å². The van der Waals surface area contributed by atoms with Crippen LogP contribution in [0.15, 0.2) is 0 Å². The average Bonchev–Trinajstić information content (AvgIpc) is 3.22. The molecule has 104 valence electrons. The highest BCUT2D eigenvalue weighted by atomic mass is 16.2.